The van der Waals surface area contributed by atoms with Crippen LogP contribution in [0.2, 0.25) is 0 Å². The molecule has 1 heterocycles. The van der Waals surface area contributed by atoms with Crippen molar-refractivity contribution in [1.82, 2.24) is 15.1 Å². The quantitative estimate of drug-likeness (QED) is 0.630. The third-order valence-electron chi connectivity index (χ3n) is 3.17. The highest BCUT2D eigenvalue weighted by atomic mass is 16.5. The molecule has 0 saturated heterocycles. The summed E-state index contributed by atoms with van der Waals surface area (Å²) in [5, 5.41) is 10.6. The van der Waals surface area contributed by atoms with Crippen molar-refractivity contribution in [3.05, 3.63) is 36.2 Å². The van der Waals surface area contributed by atoms with Crippen LogP contribution in [0.25, 0.3) is 0 Å². The third-order valence-corrected chi connectivity index (χ3v) is 3.17. The second-order valence-corrected chi connectivity index (χ2v) is 4.87. The van der Waals surface area contributed by atoms with Gasteiger partial charge < -0.3 is 20.1 Å². The van der Waals surface area contributed by atoms with Gasteiger partial charge in [-0.3, -0.25) is 9.67 Å². The first kappa shape index (κ1) is 16.7. The van der Waals surface area contributed by atoms with E-state index in [1.54, 1.807) is 18.8 Å². The molecule has 2 aromatic rings. The van der Waals surface area contributed by atoms with E-state index in [9.17, 15) is 0 Å². The number of hydrogen-bond acceptors (Lipinski definition) is 4. The number of nitrogens with zero attached hydrogens (tertiary/aromatic N) is 3. The van der Waals surface area contributed by atoms with Crippen LogP contribution in [0.4, 0.5) is 5.69 Å². The summed E-state index contributed by atoms with van der Waals surface area (Å²) >= 11 is 0. The monoisotopic (exact) mass is 317 g/mol. The van der Waals surface area contributed by atoms with Gasteiger partial charge in [0.1, 0.15) is 0 Å². The van der Waals surface area contributed by atoms with Crippen molar-refractivity contribution in [3.8, 4) is 11.5 Å². The molecule has 2 rings (SSSR count). The van der Waals surface area contributed by atoms with Crippen LogP contribution in [0.1, 0.15) is 12.5 Å². The summed E-state index contributed by atoms with van der Waals surface area (Å²) in [6.45, 7) is 3.16. The molecule has 2 N–H and O–H groups in total. The van der Waals surface area contributed by atoms with Gasteiger partial charge in [0, 0.05) is 44.2 Å². The van der Waals surface area contributed by atoms with E-state index in [1.807, 2.05) is 44.6 Å². The predicted octanol–water partition coefficient (Wildman–Crippen LogP) is 2.01. The Morgan fingerprint density at radius 2 is 2.17 bits per heavy atom. The molecule has 7 heteroatoms. The minimum Gasteiger partial charge on any atom is -0.493 e. The van der Waals surface area contributed by atoms with Gasteiger partial charge in [-0.1, -0.05) is 0 Å². The van der Waals surface area contributed by atoms with Crippen LogP contribution >= 0.6 is 0 Å². The van der Waals surface area contributed by atoms with Gasteiger partial charge in [0.2, 0.25) is 0 Å². The molecule has 0 atom stereocenters. The molecule has 0 radical (unpaired) electrons. The zero-order valence-corrected chi connectivity index (χ0v) is 14.0. The molecule has 0 amide bonds. The van der Waals surface area contributed by atoms with Crippen molar-refractivity contribution >= 4 is 11.6 Å². The first-order valence-electron chi connectivity index (χ1n) is 7.42. The summed E-state index contributed by atoms with van der Waals surface area (Å²) in [4.78, 5) is 4.22. The lowest BCUT2D eigenvalue weighted by atomic mass is 10.2. The molecule has 124 valence electrons. The van der Waals surface area contributed by atoms with Crippen molar-refractivity contribution in [2.24, 2.45) is 12.0 Å². The first-order valence-corrected chi connectivity index (χ1v) is 7.42. The molecule has 0 unspecified atom stereocenters. The maximum Gasteiger partial charge on any atom is 0.195 e. The largest absolute Gasteiger partial charge is 0.493 e. The number of aryl methyl sites for hydroxylation is 1. The number of aliphatic imine (C=N–C) groups is 1. The van der Waals surface area contributed by atoms with E-state index in [2.05, 4.69) is 20.7 Å². The average Bonchev–Trinajstić information content (AvgIpc) is 2.97. The number of aromatic nitrogens is 2. The average molecular weight is 317 g/mol. The molecular weight excluding hydrogens is 294 g/mol. The summed E-state index contributed by atoms with van der Waals surface area (Å²) in [5.74, 6) is 2.07. The number of guanidine groups is 1. The van der Waals surface area contributed by atoms with Crippen molar-refractivity contribution in [3.63, 3.8) is 0 Å². The Hall–Kier alpha value is -2.70. The lowest BCUT2D eigenvalue weighted by Gasteiger charge is -2.14. The van der Waals surface area contributed by atoms with Crippen LogP contribution in [0, 0.1) is 0 Å². The summed E-state index contributed by atoms with van der Waals surface area (Å²) in [6, 6.07) is 5.67. The van der Waals surface area contributed by atoms with Crippen molar-refractivity contribution in [2.45, 2.75) is 13.5 Å². The number of rotatable bonds is 6. The van der Waals surface area contributed by atoms with Gasteiger partial charge in [0.15, 0.2) is 17.5 Å². The van der Waals surface area contributed by atoms with Gasteiger partial charge in [0.25, 0.3) is 0 Å². The normalized spacial score (nSPS) is 11.2. The summed E-state index contributed by atoms with van der Waals surface area (Å²) in [6.07, 6.45) is 3.78. The van der Waals surface area contributed by atoms with Crippen LogP contribution < -0.4 is 20.1 Å². The van der Waals surface area contributed by atoms with E-state index >= 15 is 0 Å². The Morgan fingerprint density at radius 3 is 2.78 bits per heavy atom. The fraction of sp³-hybridized carbons (Fsp3) is 0.375. The van der Waals surface area contributed by atoms with Crippen molar-refractivity contribution in [2.75, 3.05) is 26.1 Å². The molecule has 0 aliphatic heterocycles. The highest BCUT2D eigenvalue weighted by molar-refractivity contribution is 5.93. The number of benzene rings is 1. The second kappa shape index (κ2) is 8.07. The zero-order valence-electron chi connectivity index (χ0n) is 14.0. The Morgan fingerprint density at radius 1 is 1.35 bits per heavy atom. The Balaban J connectivity index is 2.02. The third kappa shape index (κ3) is 4.64. The highest BCUT2D eigenvalue weighted by Gasteiger charge is 2.07. The Labute approximate surface area is 136 Å². The molecule has 1 aromatic heterocycles. The smallest absolute Gasteiger partial charge is 0.195 e. The maximum absolute atomic E-state index is 5.58. The SMILES string of the molecule is CCOc1cc(NC(=NC)NCc2cnn(C)c2)ccc1OC. The van der Waals surface area contributed by atoms with E-state index in [0.29, 0.717) is 30.6 Å². The van der Waals surface area contributed by atoms with Crippen molar-refractivity contribution < 1.29 is 9.47 Å². The van der Waals surface area contributed by atoms with Gasteiger partial charge in [-0.2, -0.15) is 5.10 Å². The summed E-state index contributed by atoms with van der Waals surface area (Å²) in [5.41, 5.74) is 1.95. The topological polar surface area (TPSA) is 72.7 Å². The number of hydrogen-bond donors (Lipinski definition) is 2. The maximum atomic E-state index is 5.58. The van der Waals surface area contributed by atoms with Crippen LogP contribution in [0.5, 0.6) is 11.5 Å². The number of methoxy groups -OCH3 is 1. The van der Waals surface area contributed by atoms with E-state index in [1.165, 1.54) is 0 Å². The van der Waals surface area contributed by atoms with Gasteiger partial charge in [-0.25, -0.2) is 0 Å². The van der Waals surface area contributed by atoms with E-state index in [4.69, 9.17) is 9.47 Å². The molecule has 0 spiro atoms. The minimum atomic E-state index is 0.577. The molecular formula is C16H23N5O2. The fourth-order valence-corrected chi connectivity index (χ4v) is 2.09. The van der Waals surface area contributed by atoms with E-state index in [0.717, 1.165) is 11.3 Å². The van der Waals surface area contributed by atoms with Gasteiger partial charge in [-0.15, -0.1) is 0 Å². The minimum absolute atomic E-state index is 0.577. The molecule has 23 heavy (non-hydrogen) atoms. The number of nitrogens with one attached hydrogen (secondary N) is 2. The second-order valence-electron chi connectivity index (χ2n) is 4.87. The highest BCUT2D eigenvalue weighted by Crippen LogP contribution is 2.30. The fourth-order valence-electron chi connectivity index (χ4n) is 2.09. The van der Waals surface area contributed by atoms with Crippen LogP contribution in [-0.2, 0) is 13.6 Å². The molecule has 0 aliphatic carbocycles. The molecule has 1 aromatic carbocycles. The van der Waals surface area contributed by atoms with E-state index < -0.39 is 0 Å². The summed E-state index contributed by atoms with van der Waals surface area (Å²) in [7, 11) is 5.24. The summed E-state index contributed by atoms with van der Waals surface area (Å²) < 4.78 is 12.6. The molecule has 0 aliphatic rings. The lowest BCUT2D eigenvalue weighted by molar-refractivity contribution is 0.311. The predicted molar refractivity (Wildman–Crippen MR) is 91.2 cm³/mol. The van der Waals surface area contributed by atoms with Crippen LogP contribution in [0.3, 0.4) is 0 Å². The number of anilines is 1. The zero-order chi connectivity index (χ0) is 16.7. The molecule has 0 saturated carbocycles. The van der Waals surface area contributed by atoms with Gasteiger partial charge >= 0.3 is 0 Å². The van der Waals surface area contributed by atoms with Crippen LogP contribution in [-0.4, -0.2) is 36.5 Å². The number of ether oxygens (including phenoxy) is 2. The standard InChI is InChI=1S/C16H23N5O2/c1-5-23-15-8-13(6-7-14(15)22-4)20-16(17-2)18-9-12-10-19-21(3)11-12/h6-8,10-11H,5,9H2,1-4H3,(H2,17,18,20). The first-order chi connectivity index (χ1) is 11.2. The van der Waals surface area contributed by atoms with E-state index in [-0.39, 0.29) is 0 Å². The molecule has 0 fully saturated rings. The lowest BCUT2D eigenvalue weighted by Crippen LogP contribution is -2.30. The van der Waals surface area contributed by atoms with Crippen molar-refractivity contribution in [1.29, 1.82) is 0 Å². The molecule has 7 nitrogen and oxygen atoms in total. The van der Waals surface area contributed by atoms with Crippen LogP contribution in [0.15, 0.2) is 35.6 Å². The molecule has 0 bridgehead atoms. The van der Waals surface area contributed by atoms with Gasteiger partial charge in [0.05, 0.1) is 19.9 Å². The Kier molecular flexibility index (Phi) is 5.85. The van der Waals surface area contributed by atoms with Gasteiger partial charge in [-0.05, 0) is 19.1 Å². The Bertz CT molecular complexity index is 666.